The molecular weight excluding hydrogens is 367 g/mol. The van der Waals surface area contributed by atoms with Crippen LogP contribution in [0.4, 0.5) is 20.0 Å². The van der Waals surface area contributed by atoms with E-state index in [1.165, 1.54) is 27.2 Å². The summed E-state index contributed by atoms with van der Waals surface area (Å²) in [5, 5.41) is 3.26. The first-order chi connectivity index (χ1) is 13.0. The third-order valence-electron chi connectivity index (χ3n) is 4.44. The lowest BCUT2D eigenvalue weighted by molar-refractivity contribution is -0.116. The lowest BCUT2D eigenvalue weighted by Gasteiger charge is -2.18. The Balaban J connectivity index is 1.43. The number of amides is 3. The van der Waals surface area contributed by atoms with Crippen LogP contribution in [0.15, 0.2) is 42.5 Å². The van der Waals surface area contributed by atoms with E-state index in [0.29, 0.717) is 18.2 Å². The number of anilines is 2. The van der Waals surface area contributed by atoms with Gasteiger partial charge >= 0.3 is 6.03 Å². The molecule has 3 aromatic rings. The summed E-state index contributed by atoms with van der Waals surface area (Å²) in [6, 6.07) is 11.6. The summed E-state index contributed by atoms with van der Waals surface area (Å²) in [5.74, 6) is -0.780. The fraction of sp³-hybridized carbons (Fsp3) is 0.211. The first kappa shape index (κ1) is 17.4. The number of aromatic nitrogens is 1. The fourth-order valence-corrected chi connectivity index (χ4v) is 4.06. The summed E-state index contributed by atoms with van der Waals surface area (Å²) < 4.78 is 14.9. The molecule has 0 bridgehead atoms. The molecule has 0 saturated carbocycles. The molecule has 0 aliphatic carbocycles. The molecule has 0 unspecified atom stereocenters. The van der Waals surface area contributed by atoms with Crippen LogP contribution >= 0.6 is 11.3 Å². The molecule has 6 nitrogen and oxygen atoms in total. The van der Waals surface area contributed by atoms with Crippen LogP contribution in [0.2, 0.25) is 0 Å². The summed E-state index contributed by atoms with van der Waals surface area (Å²) >= 11 is 1.39. The van der Waals surface area contributed by atoms with Gasteiger partial charge in [-0.3, -0.25) is 9.69 Å². The van der Waals surface area contributed by atoms with Crippen LogP contribution < -0.4 is 10.2 Å². The van der Waals surface area contributed by atoms with Crippen molar-refractivity contribution in [2.75, 3.05) is 29.9 Å². The van der Waals surface area contributed by atoms with Crippen LogP contribution in [0.5, 0.6) is 0 Å². The number of thiazole rings is 1. The van der Waals surface area contributed by atoms with Crippen LogP contribution in [0.25, 0.3) is 10.2 Å². The number of hydrogen-bond acceptors (Lipinski definition) is 4. The summed E-state index contributed by atoms with van der Waals surface area (Å²) in [4.78, 5) is 32.1. The van der Waals surface area contributed by atoms with E-state index in [0.717, 1.165) is 15.8 Å². The Kier molecular flexibility index (Phi) is 4.49. The number of benzene rings is 2. The van der Waals surface area contributed by atoms with Crippen LogP contribution in [0.3, 0.4) is 0 Å². The number of carbonyl (C=O) groups excluding carboxylic acids is 2. The number of nitrogens with zero attached hydrogens (tertiary/aromatic N) is 3. The maximum atomic E-state index is 13.9. The van der Waals surface area contributed by atoms with Gasteiger partial charge in [0.25, 0.3) is 0 Å². The SMILES string of the molecule is Cc1cccc2sc(NC(=O)CN3CCN(c4ccccc4F)C3=O)nc12. The van der Waals surface area contributed by atoms with Gasteiger partial charge < -0.3 is 10.2 Å². The molecule has 1 fully saturated rings. The molecule has 3 amide bonds. The number of fused-ring (bicyclic) bond motifs is 1. The minimum atomic E-state index is -0.456. The van der Waals surface area contributed by atoms with Gasteiger partial charge in [0.2, 0.25) is 5.91 Å². The molecule has 0 atom stereocenters. The Morgan fingerprint density at radius 3 is 2.81 bits per heavy atom. The molecule has 1 aliphatic heterocycles. The third-order valence-corrected chi connectivity index (χ3v) is 5.38. The summed E-state index contributed by atoms with van der Waals surface area (Å²) in [6.07, 6.45) is 0. The molecule has 1 N–H and O–H groups in total. The highest BCUT2D eigenvalue weighted by molar-refractivity contribution is 7.22. The molecule has 2 heterocycles. The minimum absolute atomic E-state index is 0.0985. The Hall–Kier alpha value is -3.00. The Morgan fingerprint density at radius 2 is 2.04 bits per heavy atom. The number of carbonyl (C=O) groups is 2. The molecule has 2 aromatic carbocycles. The number of aryl methyl sites for hydroxylation is 1. The molecule has 1 aromatic heterocycles. The van der Waals surface area contributed by atoms with Crippen molar-refractivity contribution in [3.8, 4) is 0 Å². The zero-order valence-electron chi connectivity index (χ0n) is 14.6. The van der Waals surface area contributed by atoms with Crippen LogP contribution in [-0.4, -0.2) is 41.5 Å². The van der Waals surface area contributed by atoms with Crippen molar-refractivity contribution in [2.45, 2.75) is 6.92 Å². The van der Waals surface area contributed by atoms with E-state index in [4.69, 9.17) is 0 Å². The van der Waals surface area contributed by atoms with Crippen molar-refractivity contribution < 1.29 is 14.0 Å². The van der Waals surface area contributed by atoms with Crippen molar-refractivity contribution in [3.63, 3.8) is 0 Å². The second kappa shape index (κ2) is 6.96. The topological polar surface area (TPSA) is 65.5 Å². The van der Waals surface area contributed by atoms with E-state index in [1.54, 1.807) is 18.2 Å². The lowest BCUT2D eigenvalue weighted by atomic mass is 10.2. The Labute approximate surface area is 159 Å². The quantitative estimate of drug-likeness (QED) is 0.747. The van der Waals surface area contributed by atoms with Crippen molar-refractivity contribution in [3.05, 3.63) is 53.8 Å². The fourth-order valence-electron chi connectivity index (χ4n) is 3.10. The van der Waals surface area contributed by atoms with E-state index in [1.807, 2.05) is 25.1 Å². The van der Waals surface area contributed by atoms with Gasteiger partial charge in [0.15, 0.2) is 5.13 Å². The molecule has 0 spiro atoms. The first-order valence-corrected chi connectivity index (χ1v) is 9.31. The smallest absolute Gasteiger partial charge is 0.313 e. The predicted octanol–water partition coefficient (Wildman–Crippen LogP) is 3.62. The monoisotopic (exact) mass is 384 g/mol. The summed E-state index contributed by atoms with van der Waals surface area (Å²) in [7, 11) is 0. The van der Waals surface area contributed by atoms with Gasteiger partial charge in [0.05, 0.1) is 15.9 Å². The second-order valence-corrected chi connectivity index (χ2v) is 7.33. The van der Waals surface area contributed by atoms with Crippen molar-refractivity contribution in [1.29, 1.82) is 0 Å². The van der Waals surface area contributed by atoms with Gasteiger partial charge in [-0.05, 0) is 30.7 Å². The van der Waals surface area contributed by atoms with E-state index in [-0.39, 0.29) is 24.2 Å². The highest BCUT2D eigenvalue weighted by Crippen LogP contribution is 2.28. The van der Waals surface area contributed by atoms with Gasteiger partial charge in [-0.25, -0.2) is 14.2 Å². The van der Waals surface area contributed by atoms with Gasteiger partial charge in [0, 0.05) is 13.1 Å². The van der Waals surface area contributed by atoms with Gasteiger partial charge in [-0.15, -0.1) is 0 Å². The predicted molar refractivity (Wildman–Crippen MR) is 104 cm³/mol. The molecule has 4 rings (SSSR count). The number of para-hydroxylation sites is 2. The van der Waals surface area contributed by atoms with E-state index in [9.17, 15) is 14.0 Å². The van der Waals surface area contributed by atoms with Crippen molar-refractivity contribution in [2.24, 2.45) is 0 Å². The number of nitrogens with one attached hydrogen (secondary N) is 1. The van der Waals surface area contributed by atoms with Gasteiger partial charge in [-0.2, -0.15) is 0 Å². The first-order valence-electron chi connectivity index (χ1n) is 8.50. The van der Waals surface area contributed by atoms with Crippen LogP contribution in [0, 0.1) is 12.7 Å². The second-order valence-electron chi connectivity index (χ2n) is 6.30. The molecule has 0 radical (unpaired) electrons. The van der Waals surface area contributed by atoms with Gasteiger partial charge in [-0.1, -0.05) is 35.6 Å². The zero-order chi connectivity index (χ0) is 19.0. The molecule has 8 heteroatoms. The summed E-state index contributed by atoms with van der Waals surface area (Å²) in [6.45, 7) is 2.57. The van der Waals surface area contributed by atoms with Gasteiger partial charge in [0.1, 0.15) is 12.4 Å². The number of halogens is 1. The number of rotatable bonds is 4. The highest BCUT2D eigenvalue weighted by atomic mass is 32.1. The molecular formula is C19H17FN4O2S. The van der Waals surface area contributed by atoms with E-state index < -0.39 is 5.82 Å². The Morgan fingerprint density at radius 1 is 1.22 bits per heavy atom. The lowest BCUT2D eigenvalue weighted by Crippen LogP contribution is -2.37. The van der Waals surface area contributed by atoms with Crippen LogP contribution in [0.1, 0.15) is 5.56 Å². The average Bonchev–Trinajstić information content (AvgIpc) is 3.20. The normalized spacial score (nSPS) is 14.2. The Bertz CT molecular complexity index is 1040. The molecule has 138 valence electrons. The van der Waals surface area contributed by atoms with Crippen LogP contribution in [-0.2, 0) is 4.79 Å². The van der Waals surface area contributed by atoms with Crippen molar-refractivity contribution >= 4 is 44.3 Å². The standard InChI is InChI=1S/C19H17FN4O2S/c1-12-5-4-8-15-17(12)22-18(27-15)21-16(25)11-23-9-10-24(19(23)26)14-7-3-2-6-13(14)20/h2-8H,9-11H2,1H3,(H,21,22,25). The number of hydrogen-bond donors (Lipinski definition) is 1. The maximum Gasteiger partial charge on any atom is 0.325 e. The highest BCUT2D eigenvalue weighted by Gasteiger charge is 2.32. The third kappa shape index (κ3) is 3.35. The summed E-state index contributed by atoms with van der Waals surface area (Å²) in [5.41, 5.74) is 2.13. The minimum Gasteiger partial charge on any atom is -0.313 e. The molecule has 27 heavy (non-hydrogen) atoms. The van der Waals surface area contributed by atoms with Crippen molar-refractivity contribution in [1.82, 2.24) is 9.88 Å². The average molecular weight is 384 g/mol. The van der Waals surface area contributed by atoms with E-state index >= 15 is 0 Å². The number of urea groups is 1. The zero-order valence-corrected chi connectivity index (χ0v) is 15.4. The molecule has 1 saturated heterocycles. The van der Waals surface area contributed by atoms with E-state index in [2.05, 4.69) is 10.3 Å². The largest absolute Gasteiger partial charge is 0.325 e. The molecule has 1 aliphatic rings. The maximum absolute atomic E-state index is 13.9.